The number of fused-ring (bicyclic) bond motifs is 2. The zero-order valence-corrected chi connectivity index (χ0v) is 12.7. The molecular formula is C16H13ClN4O. The van der Waals surface area contributed by atoms with Crippen molar-refractivity contribution in [1.82, 2.24) is 19.6 Å². The molecule has 0 aliphatic heterocycles. The minimum Gasteiger partial charge on any atom is -0.294 e. The smallest absolute Gasteiger partial charge is 0.252 e. The third-order valence-corrected chi connectivity index (χ3v) is 4.28. The molecule has 1 aliphatic rings. The molecule has 0 bridgehead atoms. The van der Waals surface area contributed by atoms with Crippen molar-refractivity contribution in [3.05, 3.63) is 58.1 Å². The van der Waals surface area contributed by atoms with Crippen molar-refractivity contribution in [2.24, 2.45) is 0 Å². The van der Waals surface area contributed by atoms with E-state index in [1.54, 1.807) is 10.7 Å². The summed E-state index contributed by atoms with van der Waals surface area (Å²) in [5, 5.41) is 4.92. The Hall–Kier alpha value is -2.27. The van der Waals surface area contributed by atoms with Crippen molar-refractivity contribution in [3.63, 3.8) is 0 Å². The van der Waals surface area contributed by atoms with Crippen LogP contribution in [0.5, 0.6) is 0 Å². The first kappa shape index (κ1) is 13.4. The van der Waals surface area contributed by atoms with Crippen molar-refractivity contribution in [2.45, 2.75) is 25.7 Å². The van der Waals surface area contributed by atoms with E-state index >= 15 is 0 Å². The van der Waals surface area contributed by atoms with E-state index in [1.165, 1.54) is 0 Å². The first-order chi connectivity index (χ1) is 10.6. The summed E-state index contributed by atoms with van der Waals surface area (Å²) in [5.41, 5.74) is 2.57. The van der Waals surface area contributed by atoms with Gasteiger partial charge in [-0.3, -0.25) is 4.79 Å². The van der Waals surface area contributed by atoms with Crippen molar-refractivity contribution in [2.75, 3.05) is 0 Å². The summed E-state index contributed by atoms with van der Waals surface area (Å²) >= 11 is 5.93. The van der Waals surface area contributed by atoms with Gasteiger partial charge in [0.2, 0.25) is 0 Å². The maximum absolute atomic E-state index is 12.5. The fraction of sp³-hybridized carbons (Fsp3) is 0.250. The summed E-state index contributed by atoms with van der Waals surface area (Å²) in [6, 6.07) is 7.67. The number of hydrogen-bond acceptors (Lipinski definition) is 4. The lowest BCUT2D eigenvalue weighted by Gasteiger charge is -2.23. The normalized spacial score (nSPS) is 17.7. The van der Waals surface area contributed by atoms with Gasteiger partial charge in [0.15, 0.2) is 5.78 Å². The van der Waals surface area contributed by atoms with Gasteiger partial charge in [0, 0.05) is 17.6 Å². The van der Waals surface area contributed by atoms with Gasteiger partial charge < -0.3 is 0 Å². The third kappa shape index (κ3) is 2.18. The van der Waals surface area contributed by atoms with Crippen LogP contribution in [0.25, 0.3) is 5.78 Å². The molecule has 6 heteroatoms. The molecule has 110 valence electrons. The van der Waals surface area contributed by atoms with Gasteiger partial charge >= 0.3 is 0 Å². The number of hydrogen-bond donors (Lipinski definition) is 0. The Morgan fingerprint density at radius 1 is 1.18 bits per heavy atom. The molecule has 1 aliphatic carbocycles. The molecule has 0 saturated heterocycles. The number of nitrogens with zero attached hydrogens (tertiary/aromatic N) is 4. The number of benzene rings is 1. The van der Waals surface area contributed by atoms with Gasteiger partial charge in [-0.1, -0.05) is 23.7 Å². The zero-order chi connectivity index (χ0) is 15.3. The highest BCUT2D eigenvalue weighted by Gasteiger charge is 2.28. The fourth-order valence-corrected chi connectivity index (χ4v) is 3.08. The molecule has 0 saturated carbocycles. The molecule has 2 aromatic heterocycles. The highest BCUT2D eigenvalue weighted by Crippen LogP contribution is 2.32. The molecule has 0 radical (unpaired) electrons. The van der Waals surface area contributed by atoms with Crippen LogP contribution in [-0.4, -0.2) is 25.4 Å². The lowest BCUT2D eigenvalue weighted by atomic mass is 9.82. The Labute approximate surface area is 132 Å². The Kier molecular flexibility index (Phi) is 2.97. The van der Waals surface area contributed by atoms with Crippen LogP contribution in [0.15, 0.2) is 30.5 Å². The summed E-state index contributed by atoms with van der Waals surface area (Å²) in [7, 11) is 0. The molecule has 4 rings (SSSR count). The Bertz CT molecular complexity index is 885. The van der Waals surface area contributed by atoms with Crippen molar-refractivity contribution < 1.29 is 4.79 Å². The number of carbonyl (C=O) groups is 1. The van der Waals surface area contributed by atoms with Gasteiger partial charge in [0.25, 0.3) is 5.78 Å². The number of halogens is 1. The van der Waals surface area contributed by atoms with Crippen LogP contribution in [0.1, 0.15) is 39.8 Å². The van der Waals surface area contributed by atoms with Gasteiger partial charge in [-0.25, -0.2) is 9.50 Å². The topological polar surface area (TPSA) is 60.1 Å². The second-order valence-electron chi connectivity index (χ2n) is 5.58. The van der Waals surface area contributed by atoms with E-state index < -0.39 is 0 Å². The van der Waals surface area contributed by atoms with E-state index in [0.717, 1.165) is 17.7 Å². The molecule has 3 aromatic rings. The molecule has 22 heavy (non-hydrogen) atoms. The van der Waals surface area contributed by atoms with Crippen LogP contribution >= 0.6 is 11.6 Å². The van der Waals surface area contributed by atoms with Crippen LogP contribution in [0.3, 0.4) is 0 Å². The van der Waals surface area contributed by atoms with Crippen LogP contribution < -0.4 is 0 Å². The molecule has 2 heterocycles. The van der Waals surface area contributed by atoms with Gasteiger partial charge in [-0.15, -0.1) is 0 Å². The van der Waals surface area contributed by atoms with E-state index in [2.05, 4.69) is 15.1 Å². The predicted molar refractivity (Wildman–Crippen MR) is 82.4 cm³/mol. The molecule has 5 nitrogen and oxygen atoms in total. The largest absolute Gasteiger partial charge is 0.294 e. The van der Waals surface area contributed by atoms with Crippen LogP contribution in [0, 0.1) is 6.92 Å². The molecule has 0 N–H and O–H groups in total. The SMILES string of the molecule is Cc1nc2nc3c(cn2n1)C(=O)CC(c1ccc(Cl)cc1)C3. The second kappa shape index (κ2) is 4.88. The van der Waals surface area contributed by atoms with Crippen molar-refractivity contribution in [1.29, 1.82) is 0 Å². The number of aryl methyl sites for hydroxylation is 1. The van der Waals surface area contributed by atoms with Gasteiger partial charge in [-0.05, 0) is 37.0 Å². The Balaban J connectivity index is 1.77. The quantitative estimate of drug-likeness (QED) is 0.693. The van der Waals surface area contributed by atoms with Crippen molar-refractivity contribution >= 4 is 23.2 Å². The maximum Gasteiger partial charge on any atom is 0.252 e. The lowest BCUT2D eigenvalue weighted by molar-refractivity contribution is 0.0962. The third-order valence-electron chi connectivity index (χ3n) is 4.03. The molecule has 0 amide bonds. The predicted octanol–water partition coefficient (Wildman–Crippen LogP) is 3.00. The Morgan fingerprint density at radius 3 is 2.73 bits per heavy atom. The number of Topliss-reactive ketones (excluding diaryl/α,β-unsaturated/α-hetero) is 1. The van der Waals surface area contributed by atoms with Gasteiger partial charge in [0.1, 0.15) is 5.82 Å². The Morgan fingerprint density at radius 2 is 1.95 bits per heavy atom. The van der Waals surface area contributed by atoms with Gasteiger partial charge in [-0.2, -0.15) is 10.1 Å². The van der Waals surface area contributed by atoms with E-state index in [4.69, 9.17) is 11.6 Å². The highest BCUT2D eigenvalue weighted by atomic mass is 35.5. The highest BCUT2D eigenvalue weighted by molar-refractivity contribution is 6.30. The lowest BCUT2D eigenvalue weighted by Crippen LogP contribution is -2.21. The summed E-state index contributed by atoms with van der Waals surface area (Å²) in [5.74, 6) is 1.43. The number of aromatic nitrogens is 4. The zero-order valence-electron chi connectivity index (χ0n) is 12.0. The first-order valence-corrected chi connectivity index (χ1v) is 7.49. The molecule has 1 atom stereocenters. The summed E-state index contributed by atoms with van der Waals surface area (Å²) < 4.78 is 1.58. The van der Waals surface area contributed by atoms with E-state index in [0.29, 0.717) is 28.6 Å². The van der Waals surface area contributed by atoms with Crippen molar-refractivity contribution in [3.8, 4) is 0 Å². The average Bonchev–Trinajstić information content (AvgIpc) is 2.85. The van der Waals surface area contributed by atoms with Crippen LogP contribution in [0.4, 0.5) is 0 Å². The number of ketones is 1. The molecule has 0 fully saturated rings. The summed E-state index contributed by atoms with van der Waals surface area (Å²) in [4.78, 5) is 21.2. The monoisotopic (exact) mass is 312 g/mol. The number of rotatable bonds is 1. The minimum absolute atomic E-state index is 0.101. The second-order valence-corrected chi connectivity index (χ2v) is 6.02. The van der Waals surface area contributed by atoms with Gasteiger partial charge in [0.05, 0.1) is 11.3 Å². The standard InChI is InChI=1S/C16H13ClN4O/c1-9-18-16-19-14-6-11(10-2-4-12(17)5-3-10)7-15(22)13(14)8-21(16)20-9/h2-5,8,11H,6-7H2,1H3. The molecule has 0 spiro atoms. The summed E-state index contributed by atoms with van der Waals surface area (Å²) in [6.07, 6.45) is 2.96. The first-order valence-electron chi connectivity index (χ1n) is 7.12. The van der Waals surface area contributed by atoms with E-state index in [-0.39, 0.29) is 11.7 Å². The van der Waals surface area contributed by atoms with E-state index in [9.17, 15) is 4.79 Å². The summed E-state index contributed by atoms with van der Waals surface area (Å²) in [6.45, 7) is 1.81. The molecule has 1 unspecified atom stereocenters. The maximum atomic E-state index is 12.5. The average molecular weight is 313 g/mol. The van der Waals surface area contributed by atoms with Crippen LogP contribution in [-0.2, 0) is 6.42 Å². The molecule has 1 aromatic carbocycles. The molecular weight excluding hydrogens is 300 g/mol. The minimum atomic E-state index is 0.101. The fourth-order valence-electron chi connectivity index (χ4n) is 2.96. The number of carbonyl (C=O) groups excluding carboxylic acids is 1. The van der Waals surface area contributed by atoms with E-state index in [1.807, 2.05) is 31.2 Å². The van der Waals surface area contributed by atoms with Crippen LogP contribution in [0.2, 0.25) is 5.02 Å².